The molecule has 0 heterocycles. The first-order valence-electron chi connectivity index (χ1n) is 9.22. The third kappa shape index (κ3) is 7.30. The summed E-state index contributed by atoms with van der Waals surface area (Å²) in [6.07, 6.45) is 11.5. The van der Waals surface area contributed by atoms with Crippen LogP contribution in [0.2, 0.25) is 0 Å². The molecule has 27 heavy (non-hydrogen) atoms. The zero-order valence-electron chi connectivity index (χ0n) is 17.8. The van der Waals surface area contributed by atoms with Crippen LogP contribution in [0.4, 0.5) is 0 Å². The Hall–Kier alpha value is -2.55. The third-order valence-electron chi connectivity index (χ3n) is 4.26. The highest BCUT2D eigenvalue weighted by Crippen LogP contribution is 2.28. The average molecular weight is 369 g/mol. The van der Waals surface area contributed by atoms with Gasteiger partial charge in [0.1, 0.15) is 5.75 Å². The Morgan fingerprint density at radius 3 is 2.30 bits per heavy atom. The number of hydrogen-bond acceptors (Lipinski definition) is 3. The summed E-state index contributed by atoms with van der Waals surface area (Å²) in [7, 11) is 1.70. The highest BCUT2D eigenvalue weighted by atomic mass is 16.5. The molecule has 0 atom stereocenters. The van der Waals surface area contributed by atoms with Gasteiger partial charge in [0.15, 0.2) is 0 Å². The van der Waals surface area contributed by atoms with Gasteiger partial charge in [0.2, 0.25) is 0 Å². The lowest BCUT2D eigenvalue weighted by Gasteiger charge is -2.13. The zero-order chi connectivity index (χ0) is 20.6. The fraction of sp³-hybridized carbons (Fsp3) is 0.375. The highest BCUT2D eigenvalue weighted by Gasteiger charge is 2.08. The summed E-state index contributed by atoms with van der Waals surface area (Å²) in [6.45, 7) is 13.9. The van der Waals surface area contributed by atoms with Crippen molar-refractivity contribution in [1.82, 2.24) is 0 Å². The molecule has 0 amide bonds. The molecule has 1 rings (SSSR count). The monoisotopic (exact) mass is 368 g/mol. The van der Waals surface area contributed by atoms with Gasteiger partial charge < -0.3 is 9.47 Å². The molecule has 0 aliphatic carbocycles. The molecule has 3 heteroatoms. The van der Waals surface area contributed by atoms with Crippen LogP contribution in [0.1, 0.15) is 49.9 Å². The second kappa shape index (κ2) is 10.6. The van der Waals surface area contributed by atoms with Crippen molar-refractivity contribution in [2.45, 2.75) is 54.6 Å². The second-order valence-electron chi connectivity index (χ2n) is 7.04. The fourth-order valence-electron chi connectivity index (χ4n) is 2.66. The molecule has 0 spiro atoms. The van der Waals surface area contributed by atoms with Crippen molar-refractivity contribution in [3.05, 3.63) is 69.8 Å². The zero-order valence-corrected chi connectivity index (χ0v) is 17.8. The van der Waals surface area contributed by atoms with Crippen LogP contribution in [-0.2, 0) is 9.53 Å². The van der Waals surface area contributed by atoms with Crippen molar-refractivity contribution < 1.29 is 14.3 Å². The molecule has 1 aromatic rings. The Morgan fingerprint density at radius 2 is 1.70 bits per heavy atom. The number of methoxy groups -OCH3 is 1. The molecule has 0 aliphatic rings. The van der Waals surface area contributed by atoms with Gasteiger partial charge in [-0.05, 0) is 82.4 Å². The molecule has 146 valence electrons. The van der Waals surface area contributed by atoms with E-state index in [0.717, 1.165) is 16.9 Å². The summed E-state index contributed by atoms with van der Waals surface area (Å²) < 4.78 is 10.5. The van der Waals surface area contributed by atoms with E-state index in [-0.39, 0.29) is 12.1 Å². The molecule has 0 fully saturated rings. The van der Waals surface area contributed by atoms with Crippen molar-refractivity contribution in [2.75, 3.05) is 7.11 Å². The maximum Gasteiger partial charge on any atom is 0.331 e. The molecule has 0 aliphatic heterocycles. The minimum atomic E-state index is -0.312. The Labute approximate surface area is 164 Å². The van der Waals surface area contributed by atoms with Gasteiger partial charge >= 0.3 is 5.97 Å². The van der Waals surface area contributed by atoms with Crippen LogP contribution in [0.25, 0.3) is 6.08 Å². The van der Waals surface area contributed by atoms with E-state index in [1.54, 1.807) is 7.11 Å². The van der Waals surface area contributed by atoms with E-state index in [4.69, 9.17) is 9.47 Å². The van der Waals surface area contributed by atoms with Gasteiger partial charge in [-0.3, -0.25) is 0 Å². The van der Waals surface area contributed by atoms with E-state index in [1.165, 1.54) is 28.3 Å². The van der Waals surface area contributed by atoms with E-state index < -0.39 is 0 Å². The number of ether oxygens (including phenoxy) is 2. The number of carbonyl (C=O) groups excluding carboxylic acids is 1. The minimum absolute atomic E-state index is 0.105. The van der Waals surface area contributed by atoms with Gasteiger partial charge in [-0.2, -0.15) is 0 Å². The molecular weight excluding hydrogens is 336 g/mol. The first kappa shape index (κ1) is 22.5. The van der Waals surface area contributed by atoms with E-state index >= 15 is 0 Å². The Bertz CT molecular complexity index is 790. The maximum absolute atomic E-state index is 11.6. The van der Waals surface area contributed by atoms with Gasteiger partial charge in [-0.1, -0.05) is 36.0 Å². The SMILES string of the molecule is COc1cc(C)c(C=CC(C)=CC=CC(C)=CC(=O)OC(C)C)c(C)c1C. The van der Waals surface area contributed by atoms with E-state index in [2.05, 4.69) is 39.0 Å². The minimum Gasteiger partial charge on any atom is -0.496 e. The van der Waals surface area contributed by atoms with Crippen LogP contribution in [0, 0.1) is 20.8 Å². The molecule has 0 N–H and O–H groups in total. The third-order valence-corrected chi connectivity index (χ3v) is 4.26. The highest BCUT2D eigenvalue weighted by molar-refractivity contribution is 5.83. The average Bonchev–Trinajstić information content (AvgIpc) is 2.57. The Balaban J connectivity index is 2.87. The van der Waals surface area contributed by atoms with Crippen LogP contribution < -0.4 is 4.74 Å². The molecular formula is C24H32O3. The topological polar surface area (TPSA) is 35.5 Å². The van der Waals surface area contributed by atoms with Gasteiger partial charge in [0.25, 0.3) is 0 Å². The molecule has 0 saturated heterocycles. The summed E-state index contributed by atoms with van der Waals surface area (Å²) in [4.78, 5) is 11.6. The van der Waals surface area contributed by atoms with Gasteiger partial charge in [-0.25, -0.2) is 4.79 Å². The molecule has 0 bridgehead atoms. The van der Waals surface area contributed by atoms with E-state index in [1.807, 2.05) is 45.9 Å². The largest absolute Gasteiger partial charge is 0.496 e. The molecule has 0 aromatic heterocycles. The number of hydrogen-bond donors (Lipinski definition) is 0. The van der Waals surface area contributed by atoms with Crippen molar-refractivity contribution in [2.24, 2.45) is 0 Å². The molecule has 0 saturated carbocycles. The summed E-state index contributed by atoms with van der Waals surface area (Å²) in [5.74, 6) is 0.615. The molecule has 0 unspecified atom stereocenters. The quantitative estimate of drug-likeness (QED) is 0.335. The number of rotatable bonds is 7. The lowest BCUT2D eigenvalue weighted by atomic mass is 9.96. The van der Waals surface area contributed by atoms with Crippen LogP contribution in [0.5, 0.6) is 5.75 Å². The van der Waals surface area contributed by atoms with Gasteiger partial charge in [-0.15, -0.1) is 0 Å². The number of esters is 1. The molecule has 0 radical (unpaired) electrons. The predicted octanol–water partition coefficient (Wildman–Crippen LogP) is 6.03. The second-order valence-corrected chi connectivity index (χ2v) is 7.04. The Kier molecular flexibility index (Phi) is 8.80. The maximum atomic E-state index is 11.6. The van der Waals surface area contributed by atoms with Crippen molar-refractivity contribution >= 4 is 12.0 Å². The van der Waals surface area contributed by atoms with Crippen LogP contribution in [0.3, 0.4) is 0 Å². The van der Waals surface area contributed by atoms with Crippen LogP contribution >= 0.6 is 0 Å². The lowest BCUT2D eigenvalue weighted by molar-refractivity contribution is -0.141. The van der Waals surface area contributed by atoms with Gasteiger partial charge in [0.05, 0.1) is 13.2 Å². The number of allylic oxidation sites excluding steroid dienone is 6. The number of benzene rings is 1. The van der Waals surface area contributed by atoms with Crippen molar-refractivity contribution in [3.63, 3.8) is 0 Å². The smallest absolute Gasteiger partial charge is 0.331 e. The van der Waals surface area contributed by atoms with E-state index in [9.17, 15) is 4.79 Å². The first-order valence-corrected chi connectivity index (χ1v) is 9.22. The normalized spacial score (nSPS) is 13.1. The van der Waals surface area contributed by atoms with Crippen molar-refractivity contribution in [3.8, 4) is 5.75 Å². The number of aryl methyl sites for hydroxylation is 1. The molecule has 1 aromatic carbocycles. The summed E-state index contributed by atoms with van der Waals surface area (Å²) in [6, 6.07) is 2.07. The molecule has 3 nitrogen and oxygen atoms in total. The van der Waals surface area contributed by atoms with Gasteiger partial charge in [0, 0.05) is 6.08 Å². The summed E-state index contributed by atoms with van der Waals surface area (Å²) >= 11 is 0. The van der Waals surface area contributed by atoms with Crippen LogP contribution in [0.15, 0.2) is 47.6 Å². The predicted molar refractivity (Wildman–Crippen MR) is 114 cm³/mol. The number of carbonyl (C=O) groups is 1. The Morgan fingerprint density at radius 1 is 1.04 bits per heavy atom. The summed E-state index contributed by atoms with van der Waals surface area (Å²) in [5, 5.41) is 0. The first-order chi connectivity index (χ1) is 12.6. The fourth-order valence-corrected chi connectivity index (χ4v) is 2.66. The van der Waals surface area contributed by atoms with E-state index in [0.29, 0.717) is 0 Å². The summed E-state index contributed by atoms with van der Waals surface area (Å²) in [5.41, 5.74) is 6.78. The standard InChI is InChI=1S/C24H32O3/c1-16(2)27-24(25)14-18(4)11-9-10-17(3)12-13-22-19(5)15-23(26-8)21(7)20(22)6/h9-16H,1-8H3. The van der Waals surface area contributed by atoms with Crippen molar-refractivity contribution in [1.29, 1.82) is 0 Å². The lowest BCUT2D eigenvalue weighted by Crippen LogP contribution is -2.08. The van der Waals surface area contributed by atoms with Crippen LogP contribution in [-0.4, -0.2) is 19.2 Å².